The van der Waals surface area contributed by atoms with Crippen molar-refractivity contribution in [1.29, 1.82) is 0 Å². The number of rotatable bonds is 4. The van der Waals surface area contributed by atoms with E-state index in [0.717, 1.165) is 5.03 Å². The molecule has 0 nitrogen and oxygen atoms in total. The molecule has 2 aliphatic carbocycles. The van der Waals surface area contributed by atoms with E-state index in [0.29, 0.717) is 29.6 Å². The van der Waals surface area contributed by atoms with Gasteiger partial charge in [0.1, 0.15) is 0 Å². The van der Waals surface area contributed by atoms with Gasteiger partial charge >= 0.3 is 0 Å². The van der Waals surface area contributed by atoms with Gasteiger partial charge in [0.15, 0.2) is 0 Å². The molecule has 0 spiro atoms. The summed E-state index contributed by atoms with van der Waals surface area (Å²) < 4.78 is 0. The minimum absolute atomic E-state index is 0.548. The fraction of sp³-hybridized carbons (Fsp3) is 0.545. The van der Waals surface area contributed by atoms with E-state index in [9.17, 15) is 0 Å². The average Bonchev–Trinajstić information content (AvgIpc) is 3.26. The lowest BCUT2D eigenvalue weighted by atomic mass is 9.81. The van der Waals surface area contributed by atoms with Crippen molar-refractivity contribution in [3.8, 4) is 0 Å². The van der Waals surface area contributed by atoms with Gasteiger partial charge in [0.2, 0.25) is 0 Å². The smallest absolute Gasteiger partial charge is 0.0403 e. The van der Waals surface area contributed by atoms with Crippen LogP contribution in [-0.2, 0) is 0 Å². The molecule has 0 aromatic heterocycles. The number of hydrogen-bond acceptors (Lipinski definition) is 0. The van der Waals surface area contributed by atoms with Crippen LogP contribution in [0.2, 0.25) is 0 Å². The normalized spacial score (nSPS) is 27.7. The van der Waals surface area contributed by atoms with E-state index in [1.54, 1.807) is 11.1 Å². The predicted molar refractivity (Wildman–Crippen MR) is 101 cm³/mol. The molecular weight excluding hydrogens is 300 g/mol. The van der Waals surface area contributed by atoms with Crippen molar-refractivity contribution < 1.29 is 0 Å². The van der Waals surface area contributed by atoms with Gasteiger partial charge in [0.25, 0.3) is 0 Å². The largest absolute Gasteiger partial charge is 0.0844 e. The van der Waals surface area contributed by atoms with Crippen molar-refractivity contribution >= 4 is 11.6 Å². The van der Waals surface area contributed by atoms with E-state index in [2.05, 4.69) is 65.0 Å². The highest BCUT2D eigenvalue weighted by Gasteiger charge is 2.43. The zero-order valence-electron chi connectivity index (χ0n) is 15.1. The Kier molecular flexibility index (Phi) is 4.74. The highest BCUT2D eigenvalue weighted by Crippen LogP contribution is 2.56. The fourth-order valence-electron chi connectivity index (χ4n) is 4.43. The van der Waals surface area contributed by atoms with Crippen LogP contribution in [-0.4, -0.2) is 0 Å². The van der Waals surface area contributed by atoms with Crippen LogP contribution in [0.15, 0.2) is 46.5 Å². The quantitative estimate of drug-likeness (QED) is 0.556. The maximum absolute atomic E-state index is 6.62. The lowest BCUT2D eigenvalue weighted by molar-refractivity contribution is 0.554. The van der Waals surface area contributed by atoms with Gasteiger partial charge in [-0.15, -0.1) is 0 Å². The van der Waals surface area contributed by atoms with Gasteiger partial charge in [-0.05, 0) is 65.2 Å². The van der Waals surface area contributed by atoms with E-state index in [4.69, 9.17) is 11.6 Å². The molecule has 0 heterocycles. The Morgan fingerprint density at radius 2 is 1.70 bits per heavy atom. The van der Waals surface area contributed by atoms with Crippen molar-refractivity contribution in [2.24, 2.45) is 17.8 Å². The summed E-state index contributed by atoms with van der Waals surface area (Å²) in [6.45, 7) is 11.4. The van der Waals surface area contributed by atoms with Gasteiger partial charge in [-0.3, -0.25) is 0 Å². The number of allylic oxidation sites excluding steroid dienone is 4. The summed E-state index contributed by atoms with van der Waals surface area (Å²) in [5.74, 6) is 3.15. The third kappa shape index (κ3) is 3.29. The van der Waals surface area contributed by atoms with Crippen LogP contribution in [0.25, 0.3) is 0 Å². The Morgan fingerprint density at radius 3 is 2.30 bits per heavy atom. The first kappa shape index (κ1) is 16.8. The Labute approximate surface area is 146 Å². The highest BCUT2D eigenvalue weighted by atomic mass is 35.5. The van der Waals surface area contributed by atoms with Crippen molar-refractivity contribution in [2.75, 3.05) is 0 Å². The minimum Gasteiger partial charge on any atom is -0.0844 e. The molecule has 2 aliphatic rings. The molecule has 0 bridgehead atoms. The number of halogens is 1. The minimum atomic E-state index is 0.548. The lowest BCUT2D eigenvalue weighted by Crippen LogP contribution is -2.13. The fourth-order valence-corrected chi connectivity index (χ4v) is 4.97. The van der Waals surface area contributed by atoms with Gasteiger partial charge in [-0.25, -0.2) is 0 Å². The van der Waals surface area contributed by atoms with Crippen LogP contribution >= 0.6 is 11.6 Å². The van der Waals surface area contributed by atoms with Crippen molar-refractivity contribution in [3.63, 3.8) is 0 Å². The first-order valence-corrected chi connectivity index (χ1v) is 9.46. The second-order valence-electron chi connectivity index (χ2n) is 8.01. The first-order valence-electron chi connectivity index (χ1n) is 9.09. The summed E-state index contributed by atoms with van der Waals surface area (Å²) in [7, 11) is 0. The Morgan fingerprint density at radius 1 is 1.00 bits per heavy atom. The molecule has 3 unspecified atom stereocenters. The molecular formula is C22H29Cl. The van der Waals surface area contributed by atoms with Gasteiger partial charge in [0, 0.05) is 5.03 Å². The molecule has 1 aromatic rings. The summed E-state index contributed by atoms with van der Waals surface area (Å²) in [4.78, 5) is 0. The predicted octanol–water partition coefficient (Wildman–Crippen LogP) is 7.03. The third-order valence-electron chi connectivity index (χ3n) is 5.57. The molecule has 0 N–H and O–H groups in total. The van der Waals surface area contributed by atoms with Crippen LogP contribution in [0.3, 0.4) is 0 Å². The van der Waals surface area contributed by atoms with E-state index in [1.165, 1.54) is 24.0 Å². The molecule has 1 heteroatoms. The Balaban J connectivity index is 1.84. The van der Waals surface area contributed by atoms with Gasteiger partial charge < -0.3 is 0 Å². The summed E-state index contributed by atoms with van der Waals surface area (Å²) in [6.07, 6.45) is 4.78. The molecule has 1 aromatic carbocycles. The van der Waals surface area contributed by atoms with Gasteiger partial charge in [-0.1, -0.05) is 76.1 Å². The van der Waals surface area contributed by atoms with Crippen LogP contribution in [0, 0.1) is 17.8 Å². The molecule has 0 radical (unpaired) electrons. The van der Waals surface area contributed by atoms with Crippen LogP contribution < -0.4 is 0 Å². The van der Waals surface area contributed by atoms with Crippen molar-refractivity contribution in [1.82, 2.24) is 0 Å². The van der Waals surface area contributed by atoms with E-state index in [-0.39, 0.29) is 0 Å². The highest BCUT2D eigenvalue weighted by molar-refractivity contribution is 6.31. The third-order valence-corrected chi connectivity index (χ3v) is 5.89. The lowest BCUT2D eigenvalue weighted by Gasteiger charge is -2.27. The molecule has 124 valence electrons. The Bertz CT molecular complexity index is 648. The van der Waals surface area contributed by atoms with Crippen molar-refractivity contribution in [2.45, 2.75) is 59.3 Å². The molecule has 0 aliphatic heterocycles. The number of benzene rings is 1. The van der Waals surface area contributed by atoms with Gasteiger partial charge in [0.05, 0.1) is 0 Å². The van der Waals surface area contributed by atoms with Crippen LogP contribution in [0.4, 0.5) is 0 Å². The second kappa shape index (κ2) is 6.48. The van der Waals surface area contributed by atoms with Crippen molar-refractivity contribution in [3.05, 3.63) is 57.6 Å². The second-order valence-corrected chi connectivity index (χ2v) is 8.42. The average molecular weight is 329 g/mol. The standard InChI is InChI=1S/C22H29Cl/c1-13(2)17-8-6-7-9-18(17)20-12-19(20)16-10-15(5)22(14(3)4)21(23)11-16/h6-9,11,13-15,19-20H,10,12H2,1-5H3. The first-order chi connectivity index (χ1) is 10.9. The molecule has 1 saturated carbocycles. The zero-order valence-corrected chi connectivity index (χ0v) is 15.8. The molecule has 0 saturated heterocycles. The summed E-state index contributed by atoms with van der Waals surface area (Å²) in [5.41, 5.74) is 6.11. The monoisotopic (exact) mass is 328 g/mol. The molecule has 1 fully saturated rings. The molecule has 3 rings (SSSR count). The van der Waals surface area contributed by atoms with Crippen LogP contribution in [0.1, 0.15) is 70.4 Å². The topological polar surface area (TPSA) is 0 Å². The molecule has 23 heavy (non-hydrogen) atoms. The maximum Gasteiger partial charge on any atom is 0.0403 e. The van der Waals surface area contributed by atoms with E-state index >= 15 is 0 Å². The Hall–Kier alpha value is -1.01. The van der Waals surface area contributed by atoms with E-state index in [1.807, 2.05) is 0 Å². The van der Waals surface area contributed by atoms with Gasteiger partial charge in [-0.2, -0.15) is 0 Å². The summed E-state index contributed by atoms with van der Waals surface area (Å²) in [5, 5.41) is 1.01. The summed E-state index contributed by atoms with van der Waals surface area (Å²) in [6, 6.07) is 9.01. The number of hydrogen-bond donors (Lipinski definition) is 0. The molecule has 3 atom stereocenters. The molecule has 0 amide bonds. The van der Waals surface area contributed by atoms with E-state index < -0.39 is 0 Å². The maximum atomic E-state index is 6.62. The zero-order chi connectivity index (χ0) is 16.7. The summed E-state index contributed by atoms with van der Waals surface area (Å²) >= 11 is 6.62. The SMILES string of the molecule is CC(C)C1=C(Cl)C=C(C2CC2c2ccccc2C(C)C)CC1C. The van der Waals surface area contributed by atoms with Crippen LogP contribution in [0.5, 0.6) is 0 Å².